The van der Waals surface area contributed by atoms with Gasteiger partial charge in [0.1, 0.15) is 5.75 Å². The number of ketones is 1. The first-order valence-corrected chi connectivity index (χ1v) is 7.04. The average molecular weight is 289 g/mol. The van der Waals surface area contributed by atoms with E-state index in [1.54, 1.807) is 18.2 Å². The van der Waals surface area contributed by atoms with Crippen LogP contribution in [0.3, 0.4) is 0 Å². The number of ether oxygens (including phenoxy) is 1. The molecule has 0 amide bonds. The van der Waals surface area contributed by atoms with Gasteiger partial charge in [-0.2, -0.15) is 0 Å². The van der Waals surface area contributed by atoms with Gasteiger partial charge in [0, 0.05) is 11.1 Å². The summed E-state index contributed by atoms with van der Waals surface area (Å²) in [4.78, 5) is 12.4. The van der Waals surface area contributed by atoms with E-state index in [2.05, 4.69) is 6.92 Å². The molecule has 0 radical (unpaired) electrons. The van der Waals surface area contributed by atoms with Crippen molar-refractivity contribution in [3.63, 3.8) is 0 Å². The quantitative estimate of drug-likeness (QED) is 0.748. The van der Waals surface area contributed by atoms with Gasteiger partial charge >= 0.3 is 0 Å². The number of halogens is 1. The molecule has 0 atom stereocenters. The Morgan fingerprint density at radius 3 is 2.60 bits per heavy atom. The summed E-state index contributed by atoms with van der Waals surface area (Å²) >= 11 is 6.06. The summed E-state index contributed by atoms with van der Waals surface area (Å²) in [6, 6.07) is 12.5. The Labute approximate surface area is 124 Å². The fourth-order valence-electron chi connectivity index (χ4n) is 1.97. The van der Waals surface area contributed by atoms with E-state index in [4.69, 9.17) is 16.3 Å². The molecule has 0 spiro atoms. The largest absolute Gasteiger partial charge is 0.493 e. The molecule has 2 aromatic rings. The Bertz CT molecular complexity index is 620. The van der Waals surface area contributed by atoms with Gasteiger partial charge in [0.05, 0.1) is 11.6 Å². The maximum Gasteiger partial charge on any atom is 0.194 e. The van der Waals surface area contributed by atoms with Gasteiger partial charge in [0.15, 0.2) is 5.78 Å². The summed E-state index contributed by atoms with van der Waals surface area (Å²) in [7, 11) is 0. The van der Waals surface area contributed by atoms with E-state index in [-0.39, 0.29) is 5.78 Å². The van der Waals surface area contributed by atoms with Crippen molar-refractivity contribution in [2.75, 3.05) is 6.61 Å². The molecule has 2 nitrogen and oxygen atoms in total. The fourth-order valence-corrected chi connectivity index (χ4v) is 2.19. The number of benzene rings is 2. The Kier molecular flexibility index (Phi) is 4.80. The van der Waals surface area contributed by atoms with Gasteiger partial charge in [-0.3, -0.25) is 4.79 Å². The number of carbonyl (C=O) groups is 1. The molecule has 0 aliphatic rings. The Balaban J connectivity index is 2.28. The number of rotatable bonds is 5. The van der Waals surface area contributed by atoms with E-state index in [1.165, 1.54) is 0 Å². The molecule has 0 fully saturated rings. The van der Waals surface area contributed by atoms with Crippen molar-refractivity contribution >= 4 is 17.4 Å². The van der Waals surface area contributed by atoms with Crippen LogP contribution in [0.5, 0.6) is 5.75 Å². The molecule has 2 rings (SSSR count). The minimum atomic E-state index is -0.0688. The summed E-state index contributed by atoms with van der Waals surface area (Å²) in [6.45, 7) is 4.68. The van der Waals surface area contributed by atoms with Crippen molar-refractivity contribution in [3.8, 4) is 5.75 Å². The van der Waals surface area contributed by atoms with Crippen LogP contribution >= 0.6 is 11.6 Å². The molecule has 0 unspecified atom stereocenters. The highest BCUT2D eigenvalue weighted by atomic mass is 35.5. The van der Waals surface area contributed by atoms with Gasteiger partial charge in [-0.15, -0.1) is 0 Å². The fraction of sp³-hybridized carbons (Fsp3) is 0.235. The summed E-state index contributed by atoms with van der Waals surface area (Å²) in [5.41, 5.74) is 2.10. The maximum atomic E-state index is 12.4. The lowest BCUT2D eigenvalue weighted by Gasteiger charge is -2.10. The van der Waals surface area contributed by atoms with Crippen LogP contribution in [0.25, 0.3) is 0 Å². The predicted octanol–water partition coefficient (Wildman–Crippen LogP) is 4.67. The molecule has 0 bridgehead atoms. The summed E-state index contributed by atoms with van der Waals surface area (Å²) in [6.07, 6.45) is 0.958. The second-order valence-corrected chi connectivity index (χ2v) is 5.04. The summed E-state index contributed by atoms with van der Waals surface area (Å²) in [5.74, 6) is 0.753. The highest BCUT2D eigenvalue weighted by Gasteiger charge is 2.13. The predicted molar refractivity (Wildman–Crippen MR) is 81.8 cm³/mol. The SMILES string of the molecule is CCCOc1ccc(C(=O)c2ccccc2Cl)cc1C. The first-order valence-electron chi connectivity index (χ1n) is 6.66. The zero-order valence-electron chi connectivity index (χ0n) is 11.7. The van der Waals surface area contributed by atoms with Gasteiger partial charge in [-0.25, -0.2) is 0 Å². The monoisotopic (exact) mass is 288 g/mol. The topological polar surface area (TPSA) is 26.3 Å². The average Bonchev–Trinajstić information content (AvgIpc) is 2.46. The van der Waals surface area contributed by atoms with Crippen molar-refractivity contribution in [2.24, 2.45) is 0 Å². The number of carbonyl (C=O) groups excluding carboxylic acids is 1. The smallest absolute Gasteiger partial charge is 0.194 e. The van der Waals surface area contributed by atoms with Crippen molar-refractivity contribution in [1.82, 2.24) is 0 Å². The van der Waals surface area contributed by atoms with Crippen LogP contribution in [-0.2, 0) is 0 Å². The van der Waals surface area contributed by atoms with E-state index < -0.39 is 0 Å². The Morgan fingerprint density at radius 1 is 1.20 bits per heavy atom. The zero-order valence-corrected chi connectivity index (χ0v) is 12.4. The first kappa shape index (κ1) is 14.6. The zero-order chi connectivity index (χ0) is 14.5. The van der Waals surface area contributed by atoms with Gasteiger partial charge in [-0.1, -0.05) is 30.7 Å². The third-order valence-corrected chi connectivity index (χ3v) is 3.35. The molecule has 104 valence electrons. The van der Waals surface area contributed by atoms with E-state index in [0.717, 1.165) is 17.7 Å². The van der Waals surface area contributed by atoms with Gasteiger partial charge in [0.2, 0.25) is 0 Å². The highest BCUT2D eigenvalue weighted by molar-refractivity contribution is 6.34. The molecule has 20 heavy (non-hydrogen) atoms. The summed E-state index contributed by atoms with van der Waals surface area (Å²) in [5, 5.41) is 0.474. The van der Waals surface area contributed by atoms with E-state index >= 15 is 0 Å². The number of aryl methyl sites for hydroxylation is 1. The van der Waals surface area contributed by atoms with Crippen molar-refractivity contribution < 1.29 is 9.53 Å². The van der Waals surface area contributed by atoms with E-state index in [0.29, 0.717) is 22.8 Å². The number of hydrogen-bond donors (Lipinski definition) is 0. The molecule has 0 aliphatic heterocycles. The molecule has 3 heteroatoms. The summed E-state index contributed by atoms with van der Waals surface area (Å²) < 4.78 is 5.61. The maximum absolute atomic E-state index is 12.4. The van der Waals surface area contributed by atoms with Crippen LogP contribution < -0.4 is 4.74 Å². The van der Waals surface area contributed by atoms with Crippen LogP contribution in [0, 0.1) is 6.92 Å². The molecule has 0 aliphatic carbocycles. The van der Waals surface area contributed by atoms with Crippen LogP contribution in [0.2, 0.25) is 5.02 Å². The minimum Gasteiger partial charge on any atom is -0.493 e. The van der Waals surface area contributed by atoms with Gasteiger partial charge < -0.3 is 4.74 Å². The lowest BCUT2D eigenvalue weighted by atomic mass is 10.0. The number of hydrogen-bond acceptors (Lipinski definition) is 2. The third kappa shape index (κ3) is 3.20. The van der Waals surface area contributed by atoms with Crippen LogP contribution in [0.4, 0.5) is 0 Å². The molecule has 0 saturated heterocycles. The lowest BCUT2D eigenvalue weighted by molar-refractivity contribution is 0.103. The first-order chi connectivity index (χ1) is 9.63. The second kappa shape index (κ2) is 6.58. The van der Waals surface area contributed by atoms with Crippen molar-refractivity contribution in [3.05, 3.63) is 64.2 Å². The van der Waals surface area contributed by atoms with Crippen molar-refractivity contribution in [1.29, 1.82) is 0 Å². The van der Waals surface area contributed by atoms with Crippen LogP contribution in [0.15, 0.2) is 42.5 Å². The Hall–Kier alpha value is -1.80. The Morgan fingerprint density at radius 2 is 1.95 bits per heavy atom. The van der Waals surface area contributed by atoms with Crippen molar-refractivity contribution in [2.45, 2.75) is 20.3 Å². The normalized spacial score (nSPS) is 10.3. The minimum absolute atomic E-state index is 0.0688. The molecular weight excluding hydrogens is 272 g/mol. The lowest BCUT2D eigenvalue weighted by Crippen LogP contribution is -2.04. The van der Waals surface area contributed by atoms with Crippen LogP contribution in [-0.4, -0.2) is 12.4 Å². The third-order valence-electron chi connectivity index (χ3n) is 3.02. The molecule has 0 saturated carbocycles. The van der Waals surface area contributed by atoms with Gasteiger partial charge in [-0.05, 0) is 49.2 Å². The van der Waals surface area contributed by atoms with E-state index in [1.807, 2.05) is 31.2 Å². The molecule has 0 N–H and O–H groups in total. The molecule has 0 aromatic heterocycles. The molecule has 0 heterocycles. The highest BCUT2D eigenvalue weighted by Crippen LogP contribution is 2.23. The standard InChI is InChI=1S/C17H17ClO2/c1-3-10-20-16-9-8-13(11-12(16)2)17(19)14-6-4-5-7-15(14)18/h4-9,11H,3,10H2,1-2H3. The van der Waals surface area contributed by atoms with Gasteiger partial charge in [0.25, 0.3) is 0 Å². The molecular formula is C17H17ClO2. The van der Waals surface area contributed by atoms with E-state index in [9.17, 15) is 4.79 Å². The second-order valence-electron chi connectivity index (χ2n) is 4.64. The molecule has 2 aromatic carbocycles. The van der Waals surface area contributed by atoms with Crippen LogP contribution in [0.1, 0.15) is 34.8 Å².